The molecule has 3 aromatic heterocycles. The summed E-state index contributed by atoms with van der Waals surface area (Å²) in [6.07, 6.45) is 1.84. The van der Waals surface area contributed by atoms with Crippen LogP contribution >= 0.6 is 0 Å². The quantitative estimate of drug-likeness (QED) is 0.449. The van der Waals surface area contributed by atoms with Crippen molar-refractivity contribution < 1.29 is 0 Å². The van der Waals surface area contributed by atoms with E-state index in [1.807, 2.05) is 36.5 Å². The summed E-state index contributed by atoms with van der Waals surface area (Å²) in [6.45, 7) is 0. The molecule has 4 nitrogen and oxygen atoms in total. The van der Waals surface area contributed by atoms with Gasteiger partial charge >= 0.3 is 0 Å². The highest BCUT2D eigenvalue weighted by molar-refractivity contribution is 6.20. The minimum atomic E-state index is 0.792. The molecule has 0 radical (unpaired) electrons. The van der Waals surface area contributed by atoms with Crippen LogP contribution in [0.15, 0.2) is 79.0 Å². The number of H-pyrrole nitrogens is 1. The molecule has 0 unspecified atom stereocenters. The van der Waals surface area contributed by atoms with Gasteiger partial charge in [0.1, 0.15) is 5.65 Å². The molecule has 0 fully saturated rings. The van der Waals surface area contributed by atoms with E-state index in [1.54, 1.807) is 0 Å². The molecule has 0 bridgehead atoms. The van der Waals surface area contributed by atoms with E-state index in [-0.39, 0.29) is 0 Å². The molecule has 0 aliphatic carbocycles. The van der Waals surface area contributed by atoms with Crippen molar-refractivity contribution in [1.29, 1.82) is 0 Å². The van der Waals surface area contributed by atoms with E-state index in [9.17, 15) is 0 Å². The third kappa shape index (κ3) is 1.73. The zero-order chi connectivity index (χ0) is 17.1. The summed E-state index contributed by atoms with van der Waals surface area (Å²) in [5.74, 6) is 0.792. The second kappa shape index (κ2) is 4.92. The van der Waals surface area contributed by atoms with Crippen molar-refractivity contribution in [2.75, 3.05) is 0 Å². The topological polar surface area (TPSA) is 46.5 Å². The lowest BCUT2D eigenvalue weighted by Crippen LogP contribution is -1.97. The molecule has 6 aromatic rings. The molecule has 0 aliphatic heterocycles. The van der Waals surface area contributed by atoms with E-state index >= 15 is 0 Å². The number of nitrogens with one attached hydrogen (secondary N) is 1. The van der Waals surface area contributed by atoms with Gasteiger partial charge in [-0.15, -0.1) is 0 Å². The van der Waals surface area contributed by atoms with Crippen molar-refractivity contribution in [3.8, 4) is 5.95 Å². The minimum absolute atomic E-state index is 0.792. The molecule has 0 spiro atoms. The Morgan fingerprint density at radius 1 is 0.769 bits per heavy atom. The van der Waals surface area contributed by atoms with Gasteiger partial charge in [0.2, 0.25) is 5.95 Å². The fourth-order valence-corrected chi connectivity index (χ4v) is 3.87. The van der Waals surface area contributed by atoms with Crippen LogP contribution in [0.3, 0.4) is 0 Å². The predicted octanol–water partition coefficient (Wildman–Crippen LogP) is 5.21. The lowest BCUT2D eigenvalue weighted by atomic mass is 10.0. The lowest BCUT2D eigenvalue weighted by molar-refractivity contribution is 1.03. The molecule has 0 saturated heterocycles. The zero-order valence-electron chi connectivity index (χ0n) is 13.8. The summed E-state index contributed by atoms with van der Waals surface area (Å²) in [6, 6.07) is 25.0. The Bertz CT molecular complexity index is 1410. The van der Waals surface area contributed by atoms with E-state index in [0.29, 0.717) is 0 Å². The summed E-state index contributed by atoms with van der Waals surface area (Å²) in [5.41, 5.74) is 4.00. The first kappa shape index (κ1) is 13.6. The van der Waals surface area contributed by atoms with Crippen LogP contribution in [0.1, 0.15) is 0 Å². The third-order valence-corrected chi connectivity index (χ3v) is 5.00. The van der Waals surface area contributed by atoms with Crippen molar-refractivity contribution in [2.45, 2.75) is 0 Å². The number of benzene rings is 3. The number of aromatic amines is 1. The van der Waals surface area contributed by atoms with Gasteiger partial charge in [0.25, 0.3) is 0 Å². The van der Waals surface area contributed by atoms with Crippen LogP contribution in [-0.4, -0.2) is 19.5 Å². The van der Waals surface area contributed by atoms with Crippen molar-refractivity contribution in [3.05, 3.63) is 79.0 Å². The van der Waals surface area contributed by atoms with Gasteiger partial charge in [-0.3, -0.25) is 4.57 Å². The Morgan fingerprint density at radius 3 is 2.58 bits per heavy atom. The summed E-state index contributed by atoms with van der Waals surface area (Å²) >= 11 is 0. The van der Waals surface area contributed by atoms with Gasteiger partial charge in [0.05, 0.1) is 16.6 Å². The van der Waals surface area contributed by atoms with Gasteiger partial charge in [-0.05, 0) is 41.1 Å². The van der Waals surface area contributed by atoms with Crippen LogP contribution < -0.4 is 0 Å². The second-order valence-electron chi connectivity index (χ2n) is 6.47. The van der Waals surface area contributed by atoms with Crippen molar-refractivity contribution in [3.63, 3.8) is 0 Å². The van der Waals surface area contributed by atoms with Gasteiger partial charge in [-0.1, -0.05) is 42.5 Å². The van der Waals surface area contributed by atoms with Crippen molar-refractivity contribution in [2.24, 2.45) is 0 Å². The SMILES string of the molecule is c1ccc2c(c1)ccc1c2c2cccnc2n1-c1nc2ccccc2[nH]1. The Balaban J connectivity index is 1.84. The summed E-state index contributed by atoms with van der Waals surface area (Å²) in [7, 11) is 0. The minimum Gasteiger partial charge on any atom is -0.323 e. The van der Waals surface area contributed by atoms with E-state index in [4.69, 9.17) is 4.98 Å². The fourth-order valence-electron chi connectivity index (χ4n) is 3.87. The van der Waals surface area contributed by atoms with Crippen LogP contribution in [0.4, 0.5) is 0 Å². The van der Waals surface area contributed by atoms with Crippen molar-refractivity contribution in [1.82, 2.24) is 19.5 Å². The van der Waals surface area contributed by atoms with Crippen LogP contribution in [0.25, 0.3) is 49.7 Å². The standard InChI is InChI=1S/C22H14N4/c1-2-7-15-14(6-1)11-12-19-20(15)16-8-5-13-23-21(16)26(19)22-24-17-9-3-4-10-18(17)25-22/h1-13H,(H,24,25). The fraction of sp³-hybridized carbons (Fsp3) is 0. The lowest BCUT2D eigenvalue weighted by Gasteiger charge is -2.03. The van der Waals surface area contributed by atoms with E-state index in [1.165, 1.54) is 16.2 Å². The number of hydrogen-bond acceptors (Lipinski definition) is 2. The average Bonchev–Trinajstić information content (AvgIpc) is 3.26. The number of nitrogens with zero attached hydrogens (tertiary/aromatic N) is 3. The van der Waals surface area contributed by atoms with E-state index in [2.05, 4.69) is 57.0 Å². The van der Waals surface area contributed by atoms with Gasteiger partial charge in [0, 0.05) is 17.0 Å². The van der Waals surface area contributed by atoms with Crippen LogP contribution in [0.5, 0.6) is 0 Å². The Morgan fingerprint density at radius 2 is 1.62 bits per heavy atom. The number of fused-ring (bicyclic) bond motifs is 6. The van der Waals surface area contributed by atoms with Crippen LogP contribution in [0.2, 0.25) is 0 Å². The number of pyridine rings is 1. The molecular formula is C22H14N4. The Kier molecular flexibility index (Phi) is 2.58. The maximum atomic E-state index is 4.80. The second-order valence-corrected chi connectivity index (χ2v) is 6.47. The number of rotatable bonds is 1. The highest BCUT2D eigenvalue weighted by atomic mass is 15.2. The normalized spacial score (nSPS) is 11.8. The third-order valence-electron chi connectivity index (χ3n) is 5.00. The van der Waals surface area contributed by atoms with Crippen LogP contribution in [0, 0.1) is 0 Å². The van der Waals surface area contributed by atoms with Gasteiger partial charge in [-0.25, -0.2) is 9.97 Å². The van der Waals surface area contributed by atoms with E-state index in [0.717, 1.165) is 33.5 Å². The largest absolute Gasteiger partial charge is 0.323 e. The average molecular weight is 334 g/mol. The van der Waals surface area contributed by atoms with Gasteiger partial charge in [-0.2, -0.15) is 0 Å². The first-order chi connectivity index (χ1) is 12.9. The molecule has 0 amide bonds. The summed E-state index contributed by atoms with van der Waals surface area (Å²) < 4.78 is 2.12. The van der Waals surface area contributed by atoms with Gasteiger partial charge < -0.3 is 4.98 Å². The highest BCUT2D eigenvalue weighted by Gasteiger charge is 2.17. The highest BCUT2D eigenvalue weighted by Crippen LogP contribution is 2.35. The summed E-state index contributed by atoms with van der Waals surface area (Å²) in [4.78, 5) is 12.9. The van der Waals surface area contributed by atoms with Gasteiger partial charge in [0.15, 0.2) is 0 Å². The number of imidazole rings is 1. The molecule has 0 atom stereocenters. The first-order valence-electron chi connectivity index (χ1n) is 8.62. The number of hydrogen-bond donors (Lipinski definition) is 1. The molecule has 3 aromatic carbocycles. The molecule has 0 aliphatic rings. The smallest absolute Gasteiger partial charge is 0.214 e. The number of aromatic nitrogens is 4. The first-order valence-corrected chi connectivity index (χ1v) is 8.62. The molecule has 26 heavy (non-hydrogen) atoms. The molecule has 1 N–H and O–H groups in total. The number of para-hydroxylation sites is 2. The van der Waals surface area contributed by atoms with E-state index < -0.39 is 0 Å². The maximum absolute atomic E-state index is 4.80. The molecule has 122 valence electrons. The van der Waals surface area contributed by atoms with Crippen molar-refractivity contribution >= 4 is 43.7 Å². The monoisotopic (exact) mass is 334 g/mol. The summed E-state index contributed by atoms with van der Waals surface area (Å²) in [5, 5.41) is 4.82. The zero-order valence-corrected chi connectivity index (χ0v) is 13.8. The molecule has 6 rings (SSSR count). The molecular weight excluding hydrogens is 320 g/mol. The predicted molar refractivity (Wildman–Crippen MR) is 106 cm³/mol. The Labute approximate surface area is 148 Å². The Hall–Kier alpha value is -3.66. The molecule has 0 saturated carbocycles. The molecule has 3 heterocycles. The molecule has 4 heteroatoms. The maximum Gasteiger partial charge on any atom is 0.214 e. The van der Waals surface area contributed by atoms with Crippen LogP contribution in [-0.2, 0) is 0 Å².